The molecule has 1 aromatic heterocycles. The number of ether oxygens (including phenoxy) is 2. The number of hydrogen-bond acceptors (Lipinski definition) is 3. The molecule has 1 N–H and O–H groups in total. The normalized spacial score (nSPS) is 10.6. The van der Waals surface area contributed by atoms with E-state index < -0.39 is 0 Å². The Balaban J connectivity index is 1.57. The van der Waals surface area contributed by atoms with E-state index in [9.17, 15) is 4.79 Å². The first-order valence-electron chi connectivity index (χ1n) is 8.22. The number of hydrogen-bond donors (Lipinski definition) is 1. The third-order valence-corrected chi connectivity index (χ3v) is 4.23. The highest BCUT2D eigenvalue weighted by Crippen LogP contribution is 2.22. The van der Waals surface area contributed by atoms with E-state index in [0.717, 1.165) is 28.0 Å². The molecule has 0 aliphatic heterocycles. The first kappa shape index (κ1) is 16.9. The van der Waals surface area contributed by atoms with Gasteiger partial charge in [-0.05, 0) is 30.3 Å². The molecule has 1 heterocycles. The molecular formula is C20H22N2O3. The highest BCUT2D eigenvalue weighted by Gasteiger charge is 2.07. The zero-order valence-electron chi connectivity index (χ0n) is 14.5. The molecule has 0 unspecified atom stereocenters. The summed E-state index contributed by atoms with van der Waals surface area (Å²) in [6.45, 7) is 1.10. The van der Waals surface area contributed by atoms with Gasteiger partial charge in [0.1, 0.15) is 11.5 Å². The molecule has 5 heteroatoms. The second-order valence-corrected chi connectivity index (χ2v) is 5.77. The van der Waals surface area contributed by atoms with Crippen LogP contribution >= 0.6 is 0 Å². The predicted octanol–water partition coefficient (Wildman–Crippen LogP) is 3.37. The number of nitrogens with zero attached hydrogens (tertiary/aromatic N) is 1. The Bertz CT molecular complexity index is 870. The van der Waals surface area contributed by atoms with E-state index in [1.54, 1.807) is 14.2 Å². The topological polar surface area (TPSA) is 52.5 Å². The number of para-hydroxylation sites is 1. The van der Waals surface area contributed by atoms with Crippen LogP contribution in [0.1, 0.15) is 12.0 Å². The number of fused-ring (bicyclic) bond motifs is 1. The summed E-state index contributed by atoms with van der Waals surface area (Å²) in [6, 6.07) is 15.7. The molecule has 130 valence electrons. The van der Waals surface area contributed by atoms with E-state index in [1.165, 1.54) is 0 Å². The van der Waals surface area contributed by atoms with Crippen LogP contribution in [0.5, 0.6) is 11.5 Å². The minimum Gasteiger partial charge on any atom is -0.497 e. The predicted molar refractivity (Wildman–Crippen MR) is 97.9 cm³/mol. The fourth-order valence-corrected chi connectivity index (χ4v) is 2.85. The molecular weight excluding hydrogens is 316 g/mol. The van der Waals surface area contributed by atoms with Crippen LogP contribution in [0.25, 0.3) is 10.9 Å². The third-order valence-electron chi connectivity index (χ3n) is 4.23. The van der Waals surface area contributed by atoms with E-state index >= 15 is 0 Å². The molecule has 5 nitrogen and oxygen atoms in total. The van der Waals surface area contributed by atoms with Crippen LogP contribution in [0.4, 0.5) is 0 Å². The number of aromatic nitrogens is 1. The van der Waals surface area contributed by atoms with Crippen LogP contribution in [0, 0.1) is 0 Å². The summed E-state index contributed by atoms with van der Waals surface area (Å²) in [5.41, 5.74) is 2.06. The molecule has 0 saturated heterocycles. The second-order valence-electron chi connectivity index (χ2n) is 5.77. The second kappa shape index (κ2) is 7.75. The zero-order valence-corrected chi connectivity index (χ0v) is 14.5. The summed E-state index contributed by atoms with van der Waals surface area (Å²) < 4.78 is 12.6. The van der Waals surface area contributed by atoms with Gasteiger partial charge in [0.05, 0.1) is 14.2 Å². The van der Waals surface area contributed by atoms with Crippen molar-refractivity contribution in [2.24, 2.45) is 0 Å². The quantitative estimate of drug-likeness (QED) is 0.719. The first-order chi connectivity index (χ1) is 12.2. The van der Waals surface area contributed by atoms with Gasteiger partial charge in [0.2, 0.25) is 5.91 Å². The highest BCUT2D eigenvalue weighted by atomic mass is 16.5. The molecule has 0 spiro atoms. The molecule has 0 bridgehead atoms. The largest absolute Gasteiger partial charge is 0.497 e. The lowest BCUT2D eigenvalue weighted by Crippen LogP contribution is -2.24. The molecule has 0 aliphatic rings. The van der Waals surface area contributed by atoms with Crippen molar-refractivity contribution in [3.8, 4) is 11.5 Å². The summed E-state index contributed by atoms with van der Waals surface area (Å²) in [5, 5.41) is 4.06. The van der Waals surface area contributed by atoms with Crippen LogP contribution in [-0.4, -0.2) is 24.7 Å². The maximum absolute atomic E-state index is 12.2. The summed E-state index contributed by atoms with van der Waals surface area (Å²) in [7, 11) is 3.29. The Morgan fingerprint density at radius 2 is 1.92 bits per heavy atom. The van der Waals surface area contributed by atoms with Gasteiger partial charge in [-0.2, -0.15) is 0 Å². The lowest BCUT2D eigenvalue weighted by atomic mass is 10.2. The molecule has 0 saturated carbocycles. The SMILES string of the molecule is COc1ccc2c(ccn2CCC(=O)NCc2ccccc2OC)c1. The lowest BCUT2D eigenvalue weighted by Gasteiger charge is -2.10. The number of aryl methyl sites for hydroxylation is 1. The summed E-state index contributed by atoms with van der Waals surface area (Å²) >= 11 is 0. The van der Waals surface area contributed by atoms with Crippen molar-refractivity contribution in [2.45, 2.75) is 19.5 Å². The fourth-order valence-electron chi connectivity index (χ4n) is 2.85. The van der Waals surface area contributed by atoms with Crippen molar-refractivity contribution in [1.82, 2.24) is 9.88 Å². The molecule has 0 aliphatic carbocycles. The number of amides is 1. The minimum atomic E-state index is 0.0151. The van der Waals surface area contributed by atoms with E-state index in [4.69, 9.17) is 9.47 Å². The van der Waals surface area contributed by atoms with Crippen LogP contribution < -0.4 is 14.8 Å². The van der Waals surface area contributed by atoms with Gasteiger partial charge in [-0.1, -0.05) is 18.2 Å². The van der Waals surface area contributed by atoms with Gasteiger partial charge in [0.25, 0.3) is 0 Å². The average Bonchev–Trinajstić information content (AvgIpc) is 3.07. The Labute approximate surface area is 147 Å². The number of nitrogens with one attached hydrogen (secondary N) is 1. The third kappa shape index (κ3) is 3.94. The number of methoxy groups -OCH3 is 2. The lowest BCUT2D eigenvalue weighted by molar-refractivity contribution is -0.121. The fraction of sp³-hybridized carbons (Fsp3) is 0.250. The van der Waals surface area contributed by atoms with Crippen molar-refractivity contribution in [3.63, 3.8) is 0 Å². The van der Waals surface area contributed by atoms with Gasteiger partial charge in [0.15, 0.2) is 0 Å². The van der Waals surface area contributed by atoms with Crippen molar-refractivity contribution in [2.75, 3.05) is 14.2 Å². The van der Waals surface area contributed by atoms with Gasteiger partial charge in [0, 0.05) is 42.2 Å². The van der Waals surface area contributed by atoms with Crippen LogP contribution in [0.15, 0.2) is 54.7 Å². The minimum absolute atomic E-state index is 0.0151. The molecule has 0 fully saturated rings. The van der Waals surface area contributed by atoms with Gasteiger partial charge >= 0.3 is 0 Å². The monoisotopic (exact) mass is 338 g/mol. The first-order valence-corrected chi connectivity index (χ1v) is 8.22. The molecule has 1 amide bonds. The zero-order chi connectivity index (χ0) is 17.6. The van der Waals surface area contributed by atoms with Crippen molar-refractivity contribution < 1.29 is 14.3 Å². The molecule has 0 radical (unpaired) electrons. The smallest absolute Gasteiger partial charge is 0.222 e. The summed E-state index contributed by atoms with van der Waals surface area (Å²) in [6.07, 6.45) is 2.42. The maximum atomic E-state index is 12.2. The molecule has 25 heavy (non-hydrogen) atoms. The summed E-state index contributed by atoms with van der Waals surface area (Å²) in [5.74, 6) is 1.63. The van der Waals surface area contributed by atoms with Crippen molar-refractivity contribution in [3.05, 3.63) is 60.3 Å². The standard InChI is InChI=1S/C20H22N2O3/c1-24-17-7-8-18-15(13-17)9-11-22(18)12-10-20(23)21-14-16-5-3-4-6-19(16)25-2/h3-9,11,13H,10,12,14H2,1-2H3,(H,21,23). The molecule has 3 rings (SSSR count). The van der Waals surface area contributed by atoms with Gasteiger partial charge < -0.3 is 19.4 Å². The van der Waals surface area contributed by atoms with E-state index in [1.807, 2.05) is 54.7 Å². The van der Waals surface area contributed by atoms with E-state index in [0.29, 0.717) is 19.5 Å². The van der Waals surface area contributed by atoms with Gasteiger partial charge in [-0.15, -0.1) is 0 Å². The van der Waals surface area contributed by atoms with Crippen LogP contribution in [0.3, 0.4) is 0 Å². The number of rotatable bonds is 7. The molecule has 2 aromatic carbocycles. The maximum Gasteiger partial charge on any atom is 0.222 e. The number of carbonyl (C=O) groups excluding carboxylic acids is 1. The highest BCUT2D eigenvalue weighted by molar-refractivity contribution is 5.82. The van der Waals surface area contributed by atoms with Gasteiger partial charge in [-0.25, -0.2) is 0 Å². The Hall–Kier alpha value is -2.95. The van der Waals surface area contributed by atoms with Crippen LogP contribution in [-0.2, 0) is 17.9 Å². The van der Waals surface area contributed by atoms with E-state index in [2.05, 4.69) is 9.88 Å². The molecule has 0 atom stereocenters. The Morgan fingerprint density at radius 1 is 1.08 bits per heavy atom. The van der Waals surface area contributed by atoms with E-state index in [-0.39, 0.29) is 5.91 Å². The summed E-state index contributed by atoms with van der Waals surface area (Å²) in [4.78, 5) is 12.2. The molecule has 3 aromatic rings. The Morgan fingerprint density at radius 3 is 2.72 bits per heavy atom. The number of carbonyl (C=O) groups is 1. The van der Waals surface area contributed by atoms with Crippen molar-refractivity contribution >= 4 is 16.8 Å². The number of benzene rings is 2. The Kier molecular flexibility index (Phi) is 5.23. The van der Waals surface area contributed by atoms with Gasteiger partial charge in [-0.3, -0.25) is 4.79 Å². The van der Waals surface area contributed by atoms with Crippen molar-refractivity contribution in [1.29, 1.82) is 0 Å². The van der Waals surface area contributed by atoms with Crippen LogP contribution in [0.2, 0.25) is 0 Å². The average molecular weight is 338 g/mol.